The van der Waals surface area contributed by atoms with Crippen LogP contribution in [0.1, 0.15) is 6.92 Å². The first-order valence-corrected chi connectivity index (χ1v) is 13.3. The van der Waals surface area contributed by atoms with E-state index in [1.165, 1.54) is 6.92 Å². The fourth-order valence-electron chi connectivity index (χ4n) is 1.12. The summed E-state index contributed by atoms with van der Waals surface area (Å²) >= 11 is -0.480. The molecule has 0 radical (unpaired) electrons. The van der Waals surface area contributed by atoms with Crippen molar-refractivity contribution in [2.45, 2.75) is 6.92 Å². The third kappa shape index (κ3) is 17.0. The van der Waals surface area contributed by atoms with Crippen molar-refractivity contribution in [3.8, 4) is 0 Å². The van der Waals surface area contributed by atoms with Crippen molar-refractivity contribution in [1.29, 1.82) is 1.78 Å². The summed E-state index contributed by atoms with van der Waals surface area (Å²) in [5, 5.41) is 0.954. The van der Waals surface area contributed by atoms with Crippen LogP contribution < -0.4 is 83.1 Å². The van der Waals surface area contributed by atoms with E-state index >= 15 is 0 Å². The number of imide groups is 3. The van der Waals surface area contributed by atoms with Gasteiger partial charge in [-0.25, -0.2) is 0 Å². The minimum Gasteiger partial charge on any atom is -0.289 e. The summed E-state index contributed by atoms with van der Waals surface area (Å²) in [7, 11) is 0. The summed E-state index contributed by atoms with van der Waals surface area (Å²) in [4.78, 5) is 67.6. The minimum atomic E-state index is -0.574. The summed E-state index contributed by atoms with van der Waals surface area (Å²) in [6.07, 6.45) is 5.41. The molecule has 0 aromatic carbocycles. The zero-order valence-corrected chi connectivity index (χ0v) is 21.8. The van der Waals surface area contributed by atoms with Crippen molar-refractivity contribution in [2.75, 3.05) is 14.8 Å². The van der Waals surface area contributed by atoms with Crippen LogP contribution in [-0.2, 0) is 28.8 Å². The molecule has 0 fully saturated rings. The van der Waals surface area contributed by atoms with Crippen LogP contribution in [0.2, 0.25) is 4.24 Å². The Labute approximate surface area is 209 Å². The van der Waals surface area contributed by atoms with Gasteiger partial charge in [0.25, 0.3) is 35.4 Å². The number of hydrogen-bond donors (Lipinski definition) is 3. The molecule has 6 amide bonds. The van der Waals surface area contributed by atoms with Gasteiger partial charge in [-0.3, -0.25) is 44.7 Å². The number of hydrogen-bond acceptors (Lipinski definition) is 6. The van der Waals surface area contributed by atoms with Crippen molar-refractivity contribution < 1.29 is 100 Å². The summed E-state index contributed by atoms with van der Waals surface area (Å²) in [5.74, 6) is -3.38. The predicted octanol–water partition coefficient (Wildman–Crippen LogP) is -11.3. The number of rotatable bonds is 0. The fourth-order valence-corrected chi connectivity index (χ4v) is 1.12. The second-order valence-electron chi connectivity index (χ2n) is 3.83. The normalized spacial score (nSPS) is 19.1. The van der Waals surface area contributed by atoms with Crippen LogP contribution in [0, 0.1) is 0 Å². The Morgan fingerprint density at radius 3 is 1.07 bits per heavy atom. The average molecular weight is 737 g/mol. The van der Waals surface area contributed by atoms with Crippen molar-refractivity contribution in [3.05, 3.63) is 36.0 Å². The van der Waals surface area contributed by atoms with Crippen LogP contribution in [0.15, 0.2) is 36.0 Å². The summed E-state index contributed by atoms with van der Waals surface area (Å²) < 4.78 is 38.9. The Morgan fingerprint density at radius 1 is 0.714 bits per heavy atom. The van der Waals surface area contributed by atoms with Crippen LogP contribution in [0.25, 0.3) is 0 Å². The molecule has 3 N–H and O–H groups in total. The molecule has 3 heterocycles. The Bertz CT molecular complexity index is 748. The van der Waals surface area contributed by atoms with E-state index in [2.05, 4.69) is 0 Å². The van der Waals surface area contributed by atoms with Crippen molar-refractivity contribution in [1.82, 2.24) is 15.9 Å². The van der Waals surface area contributed by atoms with Gasteiger partial charge in [0, 0.05) is 36.0 Å². The number of amides is 6. The number of halogens is 3. The Kier molecular flexibility index (Phi) is 14.8. The van der Waals surface area contributed by atoms with Crippen LogP contribution in [-0.4, -0.2) is 52.0 Å². The van der Waals surface area contributed by atoms with Gasteiger partial charge in [-0.2, -0.15) is 0 Å². The molecule has 0 atom stereocenters. The van der Waals surface area contributed by atoms with E-state index in [-0.39, 0.29) is 67.2 Å². The smallest absolute Gasteiger partial charge is 0.253 e. The Balaban J connectivity index is -0.000000362. The second kappa shape index (κ2) is 20.6. The molecule has 12 heteroatoms. The molecule has 28 heavy (non-hydrogen) atoms. The van der Waals surface area contributed by atoms with E-state index in [0.29, 0.717) is 21.5 Å². The van der Waals surface area contributed by atoms with Gasteiger partial charge in [-0.15, -0.1) is 0 Å². The first-order chi connectivity index (χ1) is 15.8. The monoisotopic (exact) mass is 737 g/mol. The quantitative estimate of drug-likeness (QED) is 0.128. The van der Waals surface area contributed by atoms with Gasteiger partial charge in [0.15, 0.2) is 4.24 Å². The zero-order valence-electron chi connectivity index (χ0n) is 21.3. The van der Waals surface area contributed by atoms with Crippen molar-refractivity contribution >= 4 is 35.4 Å². The zero-order chi connectivity index (χ0) is 27.4. The molecule has 0 saturated heterocycles. The molecular formula is C16H23I3N3O6-3. The van der Waals surface area contributed by atoms with E-state index in [0.717, 1.165) is 30.4 Å². The van der Waals surface area contributed by atoms with Gasteiger partial charge in [0.1, 0.15) is 0 Å². The largest absolute Gasteiger partial charge is 0.289 e. The van der Waals surface area contributed by atoms with E-state index in [4.69, 9.17) is 6.02 Å². The maximum absolute atomic E-state index is 10.6. The van der Waals surface area contributed by atoms with Gasteiger partial charge in [0.2, 0.25) is 0 Å². The molecule has 0 saturated carbocycles. The van der Waals surface area contributed by atoms with Gasteiger partial charge in [0.05, 0.1) is 0 Å². The minimum absolute atomic E-state index is 0.160. The van der Waals surface area contributed by atoms with Gasteiger partial charge >= 0.3 is 83.8 Å². The van der Waals surface area contributed by atoms with Crippen molar-refractivity contribution in [2.24, 2.45) is 0 Å². The first-order valence-electron chi connectivity index (χ1n) is 9.32. The Hall–Kier alpha value is -1.17. The summed E-state index contributed by atoms with van der Waals surface area (Å²) in [6, 6.07) is 0. The van der Waals surface area contributed by atoms with E-state index in [1.54, 1.807) is 0 Å². The van der Waals surface area contributed by atoms with Crippen LogP contribution in [0.5, 0.6) is 0 Å². The predicted molar refractivity (Wildman–Crippen MR) is 93.4 cm³/mol. The van der Waals surface area contributed by atoms with Crippen LogP contribution in [0.3, 0.4) is 0 Å². The van der Waals surface area contributed by atoms with E-state index in [9.17, 15) is 28.8 Å². The molecule has 3 aliphatic rings. The third-order valence-corrected chi connectivity index (χ3v) is 2.07. The molecule has 9 nitrogen and oxygen atoms in total. The third-order valence-electron chi connectivity index (χ3n) is 2.07. The van der Waals surface area contributed by atoms with Gasteiger partial charge < -0.3 is 0 Å². The Morgan fingerprint density at radius 2 is 1.00 bits per heavy atom. The molecule has 3 aliphatic heterocycles. The molecule has 0 aromatic heterocycles. The molecule has 162 valence electrons. The molecule has 0 unspecified atom stereocenters. The summed E-state index contributed by atoms with van der Waals surface area (Å²) in [5.41, 5.74) is 0.329. The molecule has 0 spiro atoms. The van der Waals surface area contributed by atoms with Crippen LogP contribution in [0.4, 0.5) is 0 Å². The number of nitrogens with one attached hydrogen (secondary N) is 3. The molecule has 0 aliphatic carbocycles. The average Bonchev–Trinajstić information content (AvgIpc) is 3.32. The van der Waals surface area contributed by atoms with Gasteiger partial charge in [-0.1, -0.05) is 0 Å². The standard InChI is InChI=1S/C5H5NO2.2C4H3NO2.3CH4I/c1-3-2-4(7)6-5(3)8;2*6-3-1-2-4(7)5-3;3*1-2/h2H,1H3,(H,6,7,8);2*1-2H,(H,5,6,7);3*2H,1H3/q;;;3*-1/i;;;3*2-2D/hT3. The van der Waals surface area contributed by atoms with E-state index in [1.807, 2.05) is 14.8 Å². The SMILES string of the molecule is [2H][125I-]C.[2H][125I-]C.[2H][125I-]C.[3H]N1C(=O)C=C(C)C1=O.[3H]N1C(=O)C=CC1=O.[3H]N1C(=O)C=CC1=O. The van der Waals surface area contributed by atoms with Crippen LogP contribution >= 0.6 is 0 Å². The maximum atomic E-state index is 10.6. The fraction of sp³-hybridized carbons (Fsp3) is 0.250. The topological polar surface area (TPSA) is 139 Å². The van der Waals surface area contributed by atoms with Gasteiger partial charge in [-0.05, 0) is 6.92 Å². The number of carbonyl (C=O) groups is 6. The molecule has 0 aromatic rings. The van der Waals surface area contributed by atoms with Crippen molar-refractivity contribution in [3.63, 3.8) is 0 Å². The van der Waals surface area contributed by atoms with E-state index < -0.39 is 35.4 Å². The molecule has 3 rings (SSSR count). The second-order valence-corrected chi connectivity index (χ2v) is 3.83. The number of carbonyl (C=O) groups excluding carboxylic acids is 6. The first kappa shape index (κ1) is 20.1. The summed E-state index contributed by atoms with van der Waals surface area (Å²) in [6.45, 7) is 1.51. The molecular weight excluding hydrogens is 705 g/mol. The molecule has 0 bridgehead atoms. The maximum Gasteiger partial charge on any atom is 0.253 e. The number of alkyl halides is 3.